The highest BCUT2D eigenvalue weighted by molar-refractivity contribution is 7.17. The molecule has 0 unspecified atom stereocenters. The maximum atomic E-state index is 13.9. The number of hydrogen-bond donors (Lipinski definition) is 4. The van der Waals surface area contributed by atoms with E-state index in [4.69, 9.17) is 0 Å². The lowest BCUT2D eigenvalue weighted by atomic mass is 10.1. The first-order chi connectivity index (χ1) is 19.5. The highest BCUT2D eigenvalue weighted by atomic mass is 32.1. The van der Waals surface area contributed by atoms with Gasteiger partial charge in [0.25, 0.3) is 11.8 Å². The number of anilines is 4. The summed E-state index contributed by atoms with van der Waals surface area (Å²) in [7, 11) is 0. The topological polar surface area (TPSA) is 111 Å². The van der Waals surface area contributed by atoms with Crippen molar-refractivity contribution in [3.8, 4) is 0 Å². The average Bonchev–Trinajstić information content (AvgIpc) is 3.44. The lowest BCUT2D eigenvalue weighted by Crippen LogP contribution is -2.43. The summed E-state index contributed by atoms with van der Waals surface area (Å²) in [6.45, 7) is 5.60. The van der Waals surface area contributed by atoms with Crippen LogP contribution in [0.15, 0.2) is 67.0 Å². The molecule has 2 amide bonds. The van der Waals surface area contributed by atoms with E-state index in [-0.39, 0.29) is 11.8 Å². The number of aromatic nitrogens is 2. The third-order valence-corrected chi connectivity index (χ3v) is 7.50. The van der Waals surface area contributed by atoms with Gasteiger partial charge in [-0.3, -0.25) is 14.5 Å². The Morgan fingerprint density at radius 3 is 2.62 bits per heavy atom. The second-order valence-electron chi connectivity index (χ2n) is 9.45. The number of pyridine rings is 1. The van der Waals surface area contributed by atoms with E-state index in [9.17, 15) is 14.0 Å². The highest BCUT2D eigenvalue weighted by Gasteiger charge is 2.16. The SMILES string of the molecule is Cc1ccc(C(=O)Nc2ccc(CN3CCNCC3)c(CF)c2)cc1NC(=O)c1cnc(Nc2ccccn2)s1. The molecule has 4 N–H and O–H groups in total. The van der Waals surface area contributed by atoms with Crippen molar-refractivity contribution in [2.24, 2.45) is 0 Å². The minimum atomic E-state index is -0.609. The maximum Gasteiger partial charge on any atom is 0.267 e. The lowest BCUT2D eigenvalue weighted by molar-refractivity contribution is 0.101. The number of carbonyl (C=O) groups is 2. The van der Waals surface area contributed by atoms with Crippen LogP contribution in [0.4, 0.5) is 26.7 Å². The number of thiazole rings is 1. The molecule has 9 nitrogen and oxygen atoms in total. The number of alkyl halides is 1. The van der Waals surface area contributed by atoms with Crippen LogP contribution in [0.2, 0.25) is 0 Å². The Labute approximate surface area is 235 Å². The fraction of sp³-hybridized carbons (Fsp3) is 0.241. The van der Waals surface area contributed by atoms with Gasteiger partial charge in [-0.15, -0.1) is 0 Å². The zero-order chi connectivity index (χ0) is 27.9. The van der Waals surface area contributed by atoms with E-state index in [1.807, 2.05) is 25.1 Å². The molecule has 0 spiro atoms. The van der Waals surface area contributed by atoms with Gasteiger partial charge >= 0.3 is 0 Å². The Balaban J connectivity index is 1.24. The van der Waals surface area contributed by atoms with Crippen LogP contribution < -0.4 is 21.3 Å². The van der Waals surface area contributed by atoms with Crippen molar-refractivity contribution in [2.75, 3.05) is 42.1 Å². The molecule has 2 aromatic carbocycles. The Bertz CT molecular complexity index is 1490. The fourth-order valence-electron chi connectivity index (χ4n) is 4.36. The van der Waals surface area contributed by atoms with Crippen LogP contribution in [0.3, 0.4) is 0 Å². The molecule has 0 aliphatic carbocycles. The van der Waals surface area contributed by atoms with Gasteiger partial charge in [0.1, 0.15) is 17.4 Å². The minimum absolute atomic E-state index is 0.333. The van der Waals surface area contributed by atoms with Crippen molar-refractivity contribution in [2.45, 2.75) is 20.1 Å². The molecule has 0 bridgehead atoms. The van der Waals surface area contributed by atoms with Gasteiger partial charge in [-0.1, -0.05) is 29.5 Å². The van der Waals surface area contributed by atoms with Gasteiger partial charge in [0.15, 0.2) is 5.13 Å². The fourth-order valence-corrected chi connectivity index (χ4v) is 5.08. The average molecular weight is 560 g/mol. The third-order valence-electron chi connectivity index (χ3n) is 6.59. The Morgan fingerprint density at radius 2 is 1.85 bits per heavy atom. The molecule has 1 fully saturated rings. The number of rotatable bonds is 9. The van der Waals surface area contributed by atoms with Crippen molar-refractivity contribution < 1.29 is 14.0 Å². The number of nitrogens with zero attached hydrogens (tertiary/aromatic N) is 3. The van der Waals surface area contributed by atoms with E-state index in [1.165, 1.54) is 17.5 Å². The van der Waals surface area contributed by atoms with Gasteiger partial charge in [-0.25, -0.2) is 14.4 Å². The summed E-state index contributed by atoms with van der Waals surface area (Å²) in [6, 6.07) is 15.9. The molecule has 5 rings (SSSR count). The Morgan fingerprint density at radius 1 is 1.00 bits per heavy atom. The summed E-state index contributed by atoms with van der Waals surface area (Å²) in [5, 5.41) is 12.7. The first-order valence-electron chi connectivity index (χ1n) is 13.0. The predicted octanol–water partition coefficient (Wildman–Crippen LogP) is 4.97. The van der Waals surface area contributed by atoms with E-state index in [2.05, 4.69) is 36.1 Å². The molecule has 4 aromatic rings. The van der Waals surface area contributed by atoms with E-state index in [0.717, 1.165) is 37.3 Å². The van der Waals surface area contributed by atoms with Gasteiger partial charge in [-0.05, 0) is 60.0 Å². The molecule has 0 saturated carbocycles. The number of amides is 2. The van der Waals surface area contributed by atoms with Gasteiger partial charge in [-0.2, -0.15) is 0 Å². The third kappa shape index (κ3) is 6.87. The van der Waals surface area contributed by atoms with Gasteiger partial charge in [0.2, 0.25) is 0 Å². The molecule has 206 valence electrons. The van der Waals surface area contributed by atoms with Gasteiger partial charge in [0, 0.05) is 55.9 Å². The van der Waals surface area contributed by atoms with Crippen LogP contribution in [0.5, 0.6) is 0 Å². The number of hydrogen-bond acceptors (Lipinski definition) is 8. The van der Waals surface area contributed by atoms with Crippen molar-refractivity contribution >= 4 is 45.5 Å². The first-order valence-corrected chi connectivity index (χ1v) is 13.8. The van der Waals surface area contributed by atoms with Crippen molar-refractivity contribution in [1.82, 2.24) is 20.2 Å². The summed E-state index contributed by atoms with van der Waals surface area (Å²) >= 11 is 1.20. The molecule has 3 heterocycles. The normalized spacial score (nSPS) is 13.6. The summed E-state index contributed by atoms with van der Waals surface area (Å²) in [5.74, 6) is -0.0547. The molecule has 2 aromatic heterocycles. The lowest BCUT2D eigenvalue weighted by Gasteiger charge is -2.28. The van der Waals surface area contributed by atoms with E-state index in [1.54, 1.807) is 42.6 Å². The zero-order valence-corrected chi connectivity index (χ0v) is 22.9. The molecular formula is C29H30FN7O2S. The maximum absolute atomic E-state index is 13.9. The smallest absolute Gasteiger partial charge is 0.267 e. The monoisotopic (exact) mass is 559 g/mol. The molecule has 1 aliphatic heterocycles. The number of aryl methyl sites for hydroxylation is 1. The quantitative estimate of drug-likeness (QED) is 0.229. The van der Waals surface area contributed by atoms with E-state index < -0.39 is 6.67 Å². The molecular weight excluding hydrogens is 529 g/mol. The number of benzene rings is 2. The molecule has 11 heteroatoms. The van der Waals surface area contributed by atoms with Crippen molar-refractivity contribution in [3.05, 3.63) is 94.1 Å². The Kier molecular flexibility index (Phi) is 8.74. The largest absolute Gasteiger partial charge is 0.322 e. The minimum Gasteiger partial charge on any atom is -0.322 e. The summed E-state index contributed by atoms with van der Waals surface area (Å²) in [6.07, 6.45) is 3.16. The number of nitrogens with one attached hydrogen (secondary N) is 4. The van der Waals surface area contributed by atoms with Crippen molar-refractivity contribution in [3.63, 3.8) is 0 Å². The van der Waals surface area contributed by atoms with E-state index in [0.29, 0.717) is 44.9 Å². The van der Waals surface area contributed by atoms with E-state index >= 15 is 0 Å². The van der Waals surface area contributed by atoms with Crippen LogP contribution in [0, 0.1) is 6.92 Å². The van der Waals surface area contributed by atoms with Crippen LogP contribution in [0.1, 0.15) is 36.7 Å². The summed E-state index contributed by atoms with van der Waals surface area (Å²) in [4.78, 5) is 37.1. The van der Waals surface area contributed by atoms with Crippen LogP contribution >= 0.6 is 11.3 Å². The van der Waals surface area contributed by atoms with Crippen LogP contribution in [-0.4, -0.2) is 52.9 Å². The Hall–Kier alpha value is -4.19. The highest BCUT2D eigenvalue weighted by Crippen LogP contribution is 2.25. The number of halogens is 1. The predicted molar refractivity (Wildman–Crippen MR) is 156 cm³/mol. The second-order valence-corrected chi connectivity index (χ2v) is 10.5. The van der Waals surface area contributed by atoms with Crippen LogP contribution in [0.25, 0.3) is 0 Å². The van der Waals surface area contributed by atoms with Gasteiger partial charge < -0.3 is 21.3 Å². The van der Waals surface area contributed by atoms with Gasteiger partial charge in [0.05, 0.1) is 6.20 Å². The number of carbonyl (C=O) groups excluding carboxylic acids is 2. The standard InChI is InChI=1S/C29H30FN7O2S/c1-19-5-6-20(15-24(19)35-28(39)25-17-33-29(40-25)36-26-4-2-3-9-32-26)27(38)34-23-8-7-21(22(14-23)16-30)18-37-12-10-31-11-13-37/h2-9,14-15,17,31H,10-13,16,18H2,1H3,(H,34,38)(H,35,39)(H,32,33,36). The van der Waals surface area contributed by atoms with Crippen molar-refractivity contribution in [1.29, 1.82) is 0 Å². The molecule has 40 heavy (non-hydrogen) atoms. The summed E-state index contributed by atoms with van der Waals surface area (Å²) < 4.78 is 13.9. The van der Waals surface area contributed by atoms with Crippen LogP contribution in [-0.2, 0) is 13.2 Å². The second kappa shape index (κ2) is 12.8. The molecule has 1 aliphatic rings. The molecule has 0 radical (unpaired) electrons. The molecule has 0 atom stereocenters. The zero-order valence-electron chi connectivity index (χ0n) is 22.0. The first kappa shape index (κ1) is 27.4. The summed E-state index contributed by atoms with van der Waals surface area (Å²) in [5.41, 5.74) is 3.69. The number of piperazine rings is 1. The molecule has 1 saturated heterocycles.